The molecular weight excluding hydrogens is 689 g/mol. The van der Waals surface area contributed by atoms with Crippen LogP contribution in [0.2, 0.25) is 0 Å². The highest BCUT2D eigenvalue weighted by molar-refractivity contribution is 6.07. The van der Waals surface area contributed by atoms with Crippen molar-refractivity contribution in [2.75, 3.05) is 0 Å². The second kappa shape index (κ2) is 13.0. The van der Waals surface area contributed by atoms with Crippen LogP contribution in [0.25, 0.3) is 99.6 Å². The Morgan fingerprint density at radius 2 is 0.807 bits per heavy atom. The van der Waals surface area contributed by atoms with Crippen molar-refractivity contribution >= 4 is 32.3 Å². The van der Waals surface area contributed by atoms with Crippen LogP contribution in [-0.2, 0) is 5.41 Å². The molecule has 1 heterocycles. The summed E-state index contributed by atoms with van der Waals surface area (Å²) in [6.45, 7) is 4.79. The first kappa shape index (κ1) is 33.2. The van der Waals surface area contributed by atoms with E-state index in [9.17, 15) is 0 Å². The molecule has 1 aromatic heterocycles. The lowest BCUT2D eigenvalue weighted by molar-refractivity contribution is 0.668. The van der Waals surface area contributed by atoms with Gasteiger partial charge in [0.25, 0.3) is 0 Å². The molecule has 268 valence electrons. The minimum Gasteiger partial charge on any atom is -0.228 e. The second-order valence-electron chi connectivity index (χ2n) is 15.7. The summed E-state index contributed by atoms with van der Waals surface area (Å²) < 4.78 is 0. The van der Waals surface area contributed by atoms with Gasteiger partial charge in [0, 0.05) is 22.1 Å². The van der Waals surface area contributed by atoms with Crippen LogP contribution in [0.1, 0.15) is 25.0 Å². The van der Waals surface area contributed by atoms with Crippen LogP contribution < -0.4 is 0 Å². The van der Waals surface area contributed by atoms with Gasteiger partial charge in [0.15, 0.2) is 5.82 Å². The first-order valence-electron chi connectivity index (χ1n) is 19.7. The van der Waals surface area contributed by atoms with Crippen molar-refractivity contribution in [3.63, 3.8) is 0 Å². The van der Waals surface area contributed by atoms with Crippen LogP contribution in [0.4, 0.5) is 0 Å². The van der Waals surface area contributed by atoms with Gasteiger partial charge in [-0.25, -0.2) is 9.97 Å². The number of hydrogen-bond donors (Lipinski definition) is 0. The van der Waals surface area contributed by atoms with Gasteiger partial charge in [-0.2, -0.15) is 0 Å². The Hall–Kier alpha value is -7.16. The number of fused-ring (bicyclic) bond motifs is 7. The van der Waals surface area contributed by atoms with Crippen molar-refractivity contribution in [2.45, 2.75) is 19.3 Å². The van der Waals surface area contributed by atoms with Crippen LogP contribution in [0.3, 0.4) is 0 Å². The van der Waals surface area contributed by atoms with E-state index in [1.54, 1.807) is 0 Å². The van der Waals surface area contributed by atoms with E-state index in [0.29, 0.717) is 5.82 Å². The highest BCUT2D eigenvalue weighted by Crippen LogP contribution is 2.55. The Morgan fingerprint density at radius 3 is 1.58 bits per heavy atom. The molecule has 0 spiro atoms. The fourth-order valence-electron chi connectivity index (χ4n) is 9.46. The molecular formula is C55H38N2. The van der Waals surface area contributed by atoms with E-state index in [-0.39, 0.29) is 5.41 Å². The molecule has 0 saturated carbocycles. The Bertz CT molecular complexity index is 3190. The Balaban J connectivity index is 1.10. The van der Waals surface area contributed by atoms with Crippen LogP contribution in [-0.4, -0.2) is 9.97 Å². The number of aromatic nitrogens is 2. The topological polar surface area (TPSA) is 25.8 Å². The largest absolute Gasteiger partial charge is 0.228 e. The molecule has 0 radical (unpaired) electrons. The average Bonchev–Trinajstić information content (AvgIpc) is 3.52. The van der Waals surface area contributed by atoms with E-state index in [2.05, 4.69) is 208 Å². The smallest absolute Gasteiger partial charge is 0.161 e. The highest BCUT2D eigenvalue weighted by atomic mass is 14.9. The molecule has 0 N–H and O–H groups in total. The Labute approximate surface area is 332 Å². The summed E-state index contributed by atoms with van der Waals surface area (Å²) in [5.41, 5.74) is 15.1. The fraction of sp³-hybridized carbons (Fsp3) is 0.0545. The maximum absolute atomic E-state index is 5.39. The number of benzene rings is 9. The summed E-state index contributed by atoms with van der Waals surface area (Å²) in [5, 5.41) is 7.29. The normalized spacial score (nSPS) is 12.9. The Kier molecular flexibility index (Phi) is 7.55. The maximum Gasteiger partial charge on any atom is 0.161 e. The minimum absolute atomic E-state index is 0.192. The summed E-state index contributed by atoms with van der Waals surface area (Å²) in [6, 6.07) is 70.0. The molecule has 0 amide bonds. The molecule has 0 saturated heterocycles. The molecule has 9 aromatic carbocycles. The van der Waals surface area contributed by atoms with Gasteiger partial charge in [0.1, 0.15) is 0 Å². The van der Waals surface area contributed by atoms with Crippen LogP contribution >= 0.6 is 0 Å². The van der Waals surface area contributed by atoms with Crippen molar-refractivity contribution in [3.8, 4) is 67.3 Å². The van der Waals surface area contributed by atoms with E-state index < -0.39 is 0 Å². The predicted molar refractivity (Wildman–Crippen MR) is 239 cm³/mol. The summed E-state index contributed by atoms with van der Waals surface area (Å²) in [5.74, 6) is 0.711. The molecule has 2 nitrogen and oxygen atoms in total. The molecule has 11 rings (SSSR count). The van der Waals surface area contributed by atoms with Gasteiger partial charge in [-0.05, 0) is 89.0 Å². The summed E-state index contributed by atoms with van der Waals surface area (Å²) in [6.07, 6.45) is 0. The van der Waals surface area contributed by atoms with Crippen molar-refractivity contribution < 1.29 is 0 Å². The molecule has 0 atom stereocenters. The van der Waals surface area contributed by atoms with Crippen LogP contribution in [0.5, 0.6) is 0 Å². The van der Waals surface area contributed by atoms with E-state index in [0.717, 1.165) is 33.5 Å². The lowest BCUT2D eigenvalue weighted by atomic mass is 9.77. The standard InChI is InChI=1S/C55H38N2/c1-55(2)52-41-20-9-7-17-38(41)30-31-48(52)47-25-13-24-46(53(47)55)44-32-33-49(43-22-11-10-21-42(43)44)54-56-50(39-28-26-36(27-29-39)35-14-4-3-5-15-35)34-51(57-54)45-23-12-18-37-16-6-8-19-40(37)45/h3-34H,1-2H3. The summed E-state index contributed by atoms with van der Waals surface area (Å²) >= 11 is 0. The number of nitrogens with zero attached hydrogens (tertiary/aromatic N) is 2. The third-order valence-electron chi connectivity index (χ3n) is 12.1. The highest BCUT2D eigenvalue weighted by Gasteiger charge is 2.39. The third kappa shape index (κ3) is 5.33. The number of hydrogen-bond acceptors (Lipinski definition) is 2. The van der Waals surface area contributed by atoms with Crippen LogP contribution in [0, 0.1) is 0 Å². The zero-order valence-electron chi connectivity index (χ0n) is 31.9. The summed E-state index contributed by atoms with van der Waals surface area (Å²) in [4.78, 5) is 10.8. The fourth-order valence-corrected chi connectivity index (χ4v) is 9.46. The van der Waals surface area contributed by atoms with Gasteiger partial charge in [0.05, 0.1) is 11.4 Å². The van der Waals surface area contributed by atoms with Gasteiger partial charge >= 0.3 is 0 Å². The molecule has 57 heavy (non-hydrogen) atoms. The molecule has 0 bridgehead atoms. The zero-order valence-corrected chi connectivity index (χ0v) is 31.9. The van der Waals surface area contributed by atoms with E-state index >= 15 is 0 Å². The molecule has 0 fully saturated rings. The first-order chi connectivity index (χ1) is 28.0. The van der Waals surface area contributed by atoms with Crippen molar-refractivity contribution in [2.24, 2.45) is 0 Å². The van der Waals surface area contributed by atoms with E-state index in [1.807, 2.05) is 0 Å². The average molecular weight is 727 g/mol. The molecule has 1 aliphatic rings. The van der Waals surface area contributed by atoms with Crippen LogP contribution in [0.15, 0.2) is 194 Å². The first-order valence-corrected chi connectivity index (χ1v) is 19.7. The molecule has 0 aliphatic heterocycles. The second-order valence-corrected chi connectivity index (χ2v) is 15.7. The van der Waals surface area contributed by atoms with Gasteiger partial charge in [0.2, 0.25) is 0 Å². The van der Waals surface area contributed by atoms with E-state index in [4.69, 9.17) is 9.97 Å². The SMILES string of the molecule is CC1(C)c2c(cccc2-c2ccc(-c3nc(-c4ccc(-c5ccccc5)cc4)cc(-c4cccc5ccccc45)n3)c3ccccc23)-c2ccc3ccccc3c21. The Morgan fingerprint density at radius 1 is 0.316 bits per heavy atom. The summed E-state index contributed by atoms with van der Waals surface area (Å²) in [7, 11) is 0. The molecule has 2 heteroatoms. The zero-order chi connectivity index (χ0) is 38.1. The maximum atomic E-state index is 5.39. The van der Waals surface area contributed by atoms with E-state index in [1.165, 1.54) is 71.4 Å². The molecule has 0 unspecified atom stereocenters. The van der Waals surface area contributed by atoms with Crippen molar-refractivity contribution in [1.82, 2.24) is 9.97 Å². The lowest BCUT2D eigenvalue weighted by Crippen LogP contribution is -2.17. The van der Waals surface area contributed by atoms with Gasteiger partial charge < -0.3 is 0 Å². The lowest BCUT2D eigenvalue weighted by Gasteiger charge is -2.26. The quantitative estimate of drug-likeness (QED) is 0.176. The predicted octanol–water partition coefficient (Wildman–Crippen LogP) is 14.6. The monoisotopic (exact) mass is 726 g/mol. The molecule has 10 aromatic rings. The van der Waals surface area contributed by atoms with Crippen molar-refractivity contribution in [1.29, 1.82) is 0 Å². The van der Waals surface area contributed by atoms with Gasteiger partial charge in [-0.3, -0.25) is 0 Å². The van der Waals surface area contributed by atoms with Gasteiger partial charge in [-0.1, -0.05) is 196 Å². The minimum atomic E-state index is -0.192. The third-order valence-corrected chi connectivity index (χ3v) is 12.1. The van der Waals surface area contributed by atoms with Gasteiger partial charge in [-0.15, -0.1) is 0 Å². The molecule has 1 aliphatic carbocycles. The van der Waals surface area contributed by atoms with Crippen molar-refractivity contribution in [3.05, 3.63) is 205 Å². The number of rotatable bonds is 5.